The molecule has 0 aliphatic carbocycles. The van der Waals surface area contributed by atoms with E-state index in [1.807, 2.05) is 13.0 Å². The van der Waals surface area contributed by atoms with Crippen LogP contribution in [0.25, 0.3) is 0 Å². The first-order chi connectivity index (χ1) is 7.61. The van der Waals surface area contributed by atoms with Gasteiger partial charge >= 0.3 is 0 Å². The highest BCUT2D eigenvalue weighted by Crippen LogP contribution is 2.27. The van der Waals surface area contributed by atoms with E-state index in [2.05, 4.69) is 5.16 Å². The van der Waals surface area contributed by atoms with Crippen molar-refractivity contribution in [2.75, 3.05) is 6.61 Å². The quantitative estimate of drug-likeness (QED) is 0.742. The monoisotopic (exact) mass is 237 g/mol. The zero-order chi connectivity index (χ0) is 11.7. The normalized spacial score (nSPS) is 14.6. The minimum absolute atomic E-state index is 0.00787. The molecule has 0 aromatic heterocycles. The fourth-order valence-corrected chi connectivity index (χ4v) is 2.01. The molecule has 0 unspecified atom stereocenters. The molecule has 0 saturated carbocycles. The number of nitrogens with zero attached hydrogens (tertiary/aromatic N) is 1. The van der Waals surface area contributed by atoms with Crippen LogP contribution < -0.4 is 0 Å². The minimum Gasteiger partial charge on any atom is -0.395 e. The largest absolute Gasteiger partial charge is 0.395 e. The molecule has 0 atom stereocenters. The summed E-state index contributed by atoms with van der Waals surface area (Å²) in [6, 6.07) is 3.64. The number of benzene rings is 1. The van der Waals surface area contributed by atoms with Gasteiger partial charge in [-0.3, -0.25) is 4.79 Å². The van der Waals surface area contributed by atoms with Gasteiger partial charge in [0.25, 0.3) is 0 Å². The maximum Gasteiger partial charge on any atom is 0.160 e. The van der Waals surface area contributed by atoms with Gasteiger partial charge in [-0.15, -0.1) is 0 Å². The number of halogens is 1. The molecule has 2 rings (SSSR count). The number of aryl methyl sites for hydroxylation is 1. The number of oxime groups is 1. The highest BCUT2D eigenvalue weighted by molar-refractivity contribution is 6.36. The van der Waals surface area contributed by atoms with Crippen LogP contribution in [0.2, 0.25) is 5.02 Å². The Kier molecular flexibility index (Phi) is 2.97. The molecule has 3 nitrogen and oxygen atoms in total. The van der Waals surface area contributed by atoms with Gasteiger partial charge in [0.2, 0.25) is 0 Å². The number of rotatable bonds is 2. The van der Waals surface area contributed by atoms with Crippen molar-refractivity contribution in [3.63, 3.8) is 0 Å². The van der Waals surface area contributed by atoms with Gasteiger partial charge in [0.1, 0.15) is 6.61 Å². The lowest BCUT2D eigenvalue weighted by molar-refractivity contribution is 0.101. The smallest absolute Gasteiger partial charge is 0.160 e. The molecular formula is C12H12ClNO2. The number of carbonyl (C=O) groups excluding carboxylic acids is 1. The Hall–Kier alpha value is -1.35. The van der Waals surface area contributed by atoms with Crippen LogP contribution in [0.5, 0.6) is 0 Å². The molecule has 0 amide bonds. The van der Waals surface area contributed by atoms with E-state index in [0.29, 0.717) is 23.6 Å². The van der Waals surface area contributed by atoms with Crippen molar-refractivity contribution in [1.29, 1.82) is 0 Å². The Morgan fingerprint density at radius 3 is 2.81 bits per heavy atom. The van der Waals surface area contributed by atoms with Crippen LogP contribution in [-0.4, -0.2) is 18.1 Å². The lowest BCUT2D eigenvalue weighted by Gasteiger charge is -2.10. The summed E-state index contributed by atoms with van der Waals surface area (Å²) < 4.78 is 0. The second-order valence-electron chi connectivity index (χ2n) is 3.80. The van der Waals surface area contributed by atoms with E-state index in [4.69, 9.17) is 16.4 Å². The lowest BCUT2D eigenvalue weighted by atomic mass is 9.96. The van der Waals surface area contributed by atoms with Crippen LogP contribution in [0.1, 0.15) is 34.8 Å². The molecule has 0 bridgehead atoms. The third-order valence-corrected chi connectivity index (χ3v) is 3.09. The van der Waals surface area contributed by atoms with E-state index < -0.39 is 0 Å². The highest BCUT2D eigenvalue weighted by Gasteiger charge is 2.21. The van der Waals surface area contributed by atoms with Gasteiger partial charge in [0, 0.05) is 17.5 Å². The van der Waals surface area contributed by atoms with E-state index in [1.165, 1.54) is 6.92 Å². The van der Waals surface area contributed by atoms with Crippen molar-refractivity contribution < 1.29 is 9.63 Å². The molecule has 0 N–H and O–H groups in total. The second kappa shape index (κ2) is 4.26. The molecule has 16 heavy (non-hydrogen) atoms. The molecule has 0 radical (unpaired) electrons. The molecule has 1 aliphatic heterocycles. The van der Waals surface area contributed by atoms with Gasteiger partial charge in [0.15, 0.2) is 5.78 Å². The Balaban J connectivity index is 2.63. The van der Waals surface area contributed by atoms with Crippen LogP contribution in [0.3, 0.4) is 0 Å². The van der Waals surface area contributed by atoms with Gasteiger partial charge in [-0.05, 0) is 19.4 Å². The summed E-state index contributed by atoms with van der Waals surface area (Å²) in [6.45, 7) is 3.99. The fraction of sp³-hybridized carbons (Fsp3) is 0.333. The van der Waals surface area contributed by atoms with E-state index in [1.54, 1.807) is 6.07 Å². The molecule has 1 aliphatic rings. The van der Waals surface area contributed by atoms with Gasteiger partial charge in [-0.2, -0.15) is 0 Å². The zero-order valence-electron chi connectivity index (χ0n) is 9.21. The van der Waals surface area contributed by atoms with E-state index >= 15 is 0 Å². The summed E-state index contributed by atoms with van der Waals surface area (Å²) in [7, 11) is 0. The van der Waals surface area contributed by atoms with Gasteiger partial charge in [-0.1, -0.05) is 28.9 Å². The molecule has 1 heterocycles. The summed E-state index contributed by atoms with van der Waals surface area (Å²) in [5.41, 5.74) is 3.04. The first-order valence-corrected chi connectivity index (χ1v) is 5.48. The maximum absolute atomic E-state index is 11.5. The van der Waals surface area contributed by atoms with Crippen molar-refractivity contribution in [1.82, 2.24) is 0 Å². The van der Waals surface area contributed by atoms with Gasteiger partial charge in [0.05, 0.1) is 10.7 Å². The van der Waals surface area contributed by atoms with Crippen LogP contribution in [0, 0.1) is 6.92 Å². The van der Waals surface area contributed by atoms with Crippen LogP contribution in [-0.2, 0) is 4.84 Å². The average Bonchev–Trinajstić information content (AvgIpc) is 2.74. The lowest BCUT2D eigenvalue weighted by Crippen LogP contribution is -2.08. The Bertz CT molecular complexity index is 480. The number of ketones is 1. The Labute approximate surface area is 99.0 Å². The molecule has 1 aromatic carbocycles. The third-order valence-electron chi connectivity index (χ3n) is 2.61. The summed E-state index contributed by atoms with van der Waals surface area (Å²) >= 11 is 6.23. The Morgan fingerprint density at radius 2 is 2.25 bits per heavy atom. The van der Waals surface area contributed by atoms with Crippen LogP contribution in [0.4, 0.5) is 0 Å². The molecule has 4 heteroatoms. The molecule has 0 fully saturated rings. The summed E-state index contributed by atoms with van der Waals surface area (Å²) in [4.78, 5) is 16.5. The van der Waals surface area contributed by atoms with Crippen molar-refractivity contribution in [3.8, 4) is 0 Å². The fourth-order valence-electron chi connectivity index (χ4n) is 1.74. The first kappa shape index (κ1) is 11.1. The van der Waals surface area contributed by atoms with Gasteiger partial charge in [-0.25, -0.2) is 0 Å². The topological polar surface area (TPSA) is 38.7 Å². The van der Waals surface area contributed by atoms with E-state index in [-0.39, 0.29) is 5.78 Å². The zero-order valence-corrected chi connectivity index (χ0v) is 9.97. The molecular weight excluding hydrogens is 226 g/mol. The summed E-state index contributed by atoms with van der Waals surface area (Å²) in [5.74, 6) is -0.00787. The summed E-state index contributed by atoms with van der Waals surface area (Å²) in [5, 5.41) is 4.53. The molecule has 0 spiro atoms. The molecule has 0 saturated heterocycles. The Morgan fingerprint density at radius 1 is 1.50 bits per heavy atom. The number of carbonyl (C=O) groups is 1. The predicted octanol–water partition coefficient (Wildman–Crippen LogP) is 2.98. The average molecular weight is 238 g/mol. The van der Waals surface area contributed by atoms with Crippen molar-refractivity contribution >= 4 is 23.1 Å². The summed E-state index contributed by atoms with van der Waals surface area (Å²) in [6.07, 6.45) is 0.698. The minimum atomic E-state index is -0.00787. The van der Waals surface area contributed by atoms with Gasteiger partial charge < -0.3 is 4.84 Å². The van der Waals surface area contributed by atoms with Crippen molar-refractivity contribution in [2.24, 2.45) is 5.16 Å². The SMILES string of the molecule is CC(=O)c1ccc(C)c(Cl)c1C1=NOCC1. The number of hydrogen-bond donors (Lipinski definition) is 0. The standard InChI is InChI=1S/C12H12ClNO2/c1-7-3-4-9(8(2)15)11(12(7)13)10-5-6-16-14-10/h3-4H,5-6H2,1-2H3. The number of hydrogen-bond acceptors (Lipinski definition) is 3. The van der Waals surface area contributed by atoms with Crippen molar-refractivity contribution in [3.05, 3.63) is 33.8 Å². The van der Waals surface area contributed by atoms with E-state index in [0.717, 1.165) is 16.8 Å². The molecule has 1 aromatic rings. The van der Waals surface area contributed by atoms with Crippen LogP contribution >= 0.6 is 11.6 Å². The first-order valence-electron chi connectivity index (χ1n) is 5.10. The number of Topliss-reactive ketones (excluding diaryl/α,β-unsaturated/α-hetero) is 1. The second-order valence-corrected chi connectivity index (χ2v) is 4.17. The highest BCUT2D eigenvalue weighted by atomic mass is 35.5. The molecule has 84 valence electrons. The maximum atomic E-state index is 11.5. The predicted molar refractivity (Wildman–Crippen MR) is 63.3 cm³/mol. The third kappa shape index (κ3) is 1.83. The van der Waals surface area contributed by atoms with Crippen LogP contribution in [0.15, 0.2) is 17.3 Å². The van der Waals surface area contributed by atoms with E-state index in [9.17, 15) is 4.79 Å². The van der Waals surface area contributed by atoms with Crippen molar-refractivity contribution in [2.45, 2.75) is 20.3 Å².